The molecule has 1 fully saturated rings. The van der Waals surface area contributed by atoms with Crippen molar-refractivity contribution in [3.63, 3.8) is 0 Å². The molecule has 1 aromatic carbocycles. The number of nitrogens with zero attached hydrogens (tertiary/aromatic N) is 3. The van der Waals surface area contributed by atoms with Gasteiger partial charge < -0.3 is 9.30 Å². The fraction of sp³-hybridized carbons (Fsp3) is 0.357. The summed E-state index contributed by atoms with van der Waals surface area (Å²) in [4.78, 5) is 11.6. The van der Waals surface area contributed by atoms with Crippen LogP contribution in [0, 0.1) is 0 Å². The summed E-state index contributed by atoms with van der Waals surface area (Å²) in [6.45, 7) is 3.32. The number of rotatable bonds is 4. The summed E-state index contributed by atoms with van der Waals surface area (Å²) in [5.74, 6) is 0.684. The minimum Gasteiger partial charge on any atom is -0.465 e. The van der Waals surface area contributed by atoms with Crippen molar-refractivity contribution in [1.82, 2.24) is 14.8 Å². The van der Waals surface area contributed by atoms with Gasteiger partial charge in [-0.05, 0) is 6.92 Å². The van der Waals surface area contributed by atoms with Crippen LogP contribution in [0.1, 0.15) is 13.3 Å². The van der Waals surface area contributed by atoms with Crippen molar-refractivity contribution in [3.8, 4) is 11.4 Å². The van der Waals surface area contributed by atoms with E-state index in [0.717, 1.165) is 29.5 Å². The Morgan fingerprint density at radius 2 is 2.15 bits per heavy atom. The molecule has 1 aromatic heterocycles. The van der Waals surface area contributed by atoms with E-state index in [2.05, 4.69) is 10.2 Å². The Morgan fingerprint density at radius 1 is 1.35 bits per heavy atom. The van der Waals surface area contributed by atoms with Gasteiger partial charge in [-0.1, -0.05) is 42.1 Å². The van der Waals surface area contributed by atoms with Gasteiger partial charge in [0.1, 0.15) is 5.25 Å². The number of esters is 1. The molecule has 0 amide bonds. The third-order valence-electron chi connectivity index (χ3n) is 3.20. The van der Waals surface area contributed by atoms with E-state index >= 15 is 0 Å². The van der Waals surface area contributed by atoms with Crippen molar-refractivity contribution in [1.29, 1.82) is 0 Å². The highest BCUT2D eigenvalue weighted by molar-refractivity contribution is 8.00. The van der Waals surface area contributed by atoms with Gasteiger partial charge in [0, 0.05) is 18.5 Å². The molecule has 0 N–H and O–H groups in total. The maximum absolute atomic E-state index is 11.6. The summed E-state index contributed by atoms with van der Waals surface area (Å²) >= 11 is 1.44. The number of thioether (sulfide) groups is 1. The third-order valence-corrected chi connectivity index (χ3v) is 4.43. The zero-order valence-corrected chi connectivity index (χ0v) is 12.0. The van der Waals surface area contributed by atoms with E-state index < -0.39 is 0 Å². The van der Waals surface area contributed by atoms with Crippen molar-refractivity contribution in [2.75, 3.05) is 6.61 Å². The molecule has 20 heavy (non-hydrogen) atoms. The molecule has 0 unspecified atom stereocenters. The van der Waals surface area contributed by atoms with Gasteiger partial charge in [0.25, 0.3) is 0 Å². The second-order valence-corrected chi connectivity index (χ2v) is 5.65. The molecule has 1 aliphatic heterocycles. The van der Waals surface area contributed by atoms with Gasteiger partial charge in [0.15, 0.2) is 11.0 Å². The SMILES string of the molecule is CCn1c(S[C@H]2CCOC2=O)nnc1-c1ccccc1. The molecule has 0 aliphatic carbocycles. The number of ether oxygens (including phenoxy) is 1. The highest BCUT2D eigenvalue weighted by Crippen LogP contribution is 2.30. The van der Waals surface area contributed by atoms with Gasteiger partial charge in [0.05, 0.1) is 6.61 Å². The summed E-state index contributed by atoms with van der Waals surface area (Å²) in [7, 11) is 0. The molecule has 6 heteroatoms. The number of carbonyl (C=O) groups excluding carboxylic acids is 1. The minimum absolute atomic E-state index is 0.151. The van der Waals surface area contributed by atoms with Crippen molar-refractivity contribution >= 4 is 17.7 Å². The molecule has 0 saturated carbocycles. The average molecular weight is 289 g/mol. The van der Waals surface area contributed by atoms with Crippen LogP contribution in [-0.4, -0.2) is 32.6 Å². The molecule has 1 aliphatic rings. The molecular formula is C14H15N3O2S. The zero-order chi connectivity index (χ0) is 13.9. The quantitative estimate of drug-likeness (QED) is 0.809. The highest BCUT2D eigenvalue weighted by Gasteiger charge is 2.29. The molecule has 2 aromatic rings. The lowest BCUT2D eigenvalue weighted by Gasteiger charge is -2.08. The van der Waals surface area contributed by atoms with E-state index in [1.807, 2.05) is 41.8 Å². The Balaban J connectivity index is 1.89. The fourth-order valence-corrected chi connectivity index (χ4v) is 3.24. The maximum Gasteiger partial charge on any atom is 0.319 e. The van der Waals surface area contributed by atoms with Crippen molar-refractivity contribution in [3.05, 3.63) is 30.3 Å². The second-order valence-electron chi connectivity index (χ2n) is 4.48. The number of benzene rings is 1. The predicted molar refractivity (Wildman–Crippen MR) is 76.4 cm³/mol. The first-order valence-corrected chi connectivity index (χ1v) is 7.49. The van der Waals surface area contributed by atoms with Crippen LogP contribution in [0.25, 0.3) is 11.4 Å². The van der Waals surface area contributed by atoms with Crippen molar-refractivity contribution in [2.24, 2.45) is 0 Å². The summed E-state index contributed by atoms with van der Waals surface area (Å²) in [6.07, 6.45) is 0.737. The molecular weight excluding hydrogens is 274 g/mol. The number of aromatic nitrogens is 3. The van der Waals surface area contributed by atoms with E-state index in [1.165, 1.54) is 11.8 Å². The molecule has 0 spiro atoms. The smallest absolute Gasteiger partial charge is 0.319 e. The van der Waals surface area contributed by atoms with Crippen LogP contribution < -0.4 is 0 Å². The van der Waals surface area contributed by atoms with Crippen LogP contribution in [-0.2, 0) is 16.1 Å². The Labute approximate surface area is 121 Å². The monoisotopic (exact) mass is 289 g/mol. The normalized spacial score (nSPS) is 18.2. The molecule has 0 radical (unpaired) electrons. The van der Waals surface area contributed by atoms with Gasteiger partial charge in [-0.15, -0.1) is 10.2 Å². The largest absolute Gasteiger partial charge is 0.465 e. The lowest BCUT2D eigenvalue weighted by Crippen LogP contribution is -2.11. The molecule has 2 heterocycles. The molecule has 5 nitrogen and oxygen atoms in total. The lowest BCUT2D eigenvalue weighted by molar-refractivity contribution is -0.137. The summed E-state index contributed by atoms with van der Waals surface area (Å²) in [5.41, 5.74) is 1.03. The first kappa shape index (κ1) is 13.2. The number of hydrogen-bond donors (Lipinski definition) is 0. The first-order chi connectivity index (χ1) is 9.79. The topological polar surface area (TPSA) is 57.0 Å². The molecule has 1 atom stereocenters. The van der Waals surface area contributed by atoms with E-state index in [1.54, 1.807) is 0 Å². The number of cyclic esters (lactones) is 1. The van der Waals surface area contributed by atoms with E-state index in [9.17, 15) is 4.79 Å². The molecule has 3 rings (SSSR count). The highest BCUT2D eigenvalue weighted by atomic mass is 32.2. The van der Waals surface area contributed by atoms with Crippen molar-refractivity contribution < 1.29 is 9.53 Å². The maximum atomic E-state index is 11.6. The van der Waals surface area contributed by atoms with E-state index in [0.29, 0.717) is 6.61 Å². The predicted octanol–water partition coefficient (Wildman–Crippen LogP) is 2.37. The Kier molecular flexibility index (Phi) is 3.73. The van der Waals surface area contributed by atoms with Crippen LogP contribution >= 0.6 is 11.8 Å². The Morgan fingerprint density at radius 3 is 2.80 bits per heavy atom. The first-order valence-electron chi connectivity index (χ1n) is 6.61. The summed E-state index contributed by atoms with van der Waals surface area (Å²) in [5, 5.41) is 9.11. The number of carbonyl (C=O) groups is 1. The zero-order valence-electron chi connectivity index (χ0n) is 11.2. The van der Waals surface area contributed by atoms with Crippen LogP contribution in [0.4, 0.5) is 0 Å². The van der Waals surface area contributed by atoms with Crippen LogP contribution in [0.5, 0.6) is 0 Å². The van der Waals surface area contributed by atoms with Gasteiger partial charge in [-0.3, -0.25) is 4.79 Å². The van der Waals surface area contributed by atoms with Gasteiger partial charge in [-0.2, -0.15) is 0 Å². The van der Waals surface area contributed by atoms with Crippen LogP contribution in [0.2, 0.25) is 0 Å². The standard InChI is InChI=1S/C14H15N3O2S/c1-2-17-12(10-6-4-3-5-7-10)15-16-14(17)20-11-8-9-19-13(11)18/h3-7,11H,2,8-9H2,1H3/t11-/m0/s1. The van der Waals surface area contributed by atoms with Crippen LogP contribution in [0.3, 0.4) is 0 Å². The molecule has 0 bridgehead atoms. The van der Waals surface area contributed by atoms with Gasteiger partial charge in [-0.25, -0.2) is 0 Å². The van der Waals surface area contributed by atoms with E-state index in [4.69, 9.17) is 4.74 Å². The van der Waals surface area contributed by atoms with Gasteiger partial charge >= 0.3 is 5.97 Å². The lowest BCUT2D eigenvalue weighted by atomic mass is 10.2. The summed E-state index contributed by atoms with van der Waals surface area (Å²) in [6, 6.07) is 9.94. The molecule has 104 valence electrons. The molecule has 1 saturated heterocycles. The average Bonchev–Trinajstić information content (AvgIpc) is 3.07. The Hall–Kier alpha value is -1.82. The Bertz CT molecular complexity index is 612. The summed E-state index contributed by atoms with van der Waals surface area (Å²) < 4.78 is 7.02. The van der Waals surface area contributed by atoms with Crippen molar-refractivity contribution in [2.45, 2.75) is 30.3 Å². The van der Waals surface area contributed by atoms with Crippen LogP contribution in [0.15, 0.2) is 35.5 Å². The minimum atomic E-state index is -0.159. The fourth-order valence-electron chi connectivity index (χ4n) is 2.17. The second kappa shape index (κ2) is 5.66. The van der Waals surface area contributed by atoms with Gasteiger partial charge in [0.2, 0.25) is 0 Å². The third kappa shape index (κ3) is 2.43. The number of hydrogen-bond acceptors (Lipinski definition) is 5. The van der Waals surface area contributed by atoms with E-state index in [-0.39, 0.29) is 11.2 Å².